The molecule has 0 radical (unpaired) electrons. The number of hydrogen-bond donors (Lipinski definition) is 2. The van der Waals surface area contributed by atoms with Gasteiger partial charge in [0.1, 0.15) is 4.75 Å². The molecule has 7 nitrogen and oxygen atoms in total. The zero-order valence-electron chi connectivity index (χ0n) is 16.6. The van der Waals surface area contributed by atoms with Crippen LogP contribution in [0, 0.1) is 29.1 Å². The molecule has 184 valence electrons. The van der Waals surface area contributed by atoms with Gasteiger partial charge in [0.25, 0.3) is 0 Å². The minimum absolute atomic E-state index is 0.177. The Labute approximate surface area is 186 Å². The summed E-state index contributed by atoms with van der Waals surface area (Å²) in [5.41, 5.74) is -7.99. The Morgan fingerprint density at radius 1 is 1.21 bits per heavy atom. The van der Waals surface area contributed by atoms with Crippen LogP contribution in [0.3, 0.4) is 0 Å². The van der Waals surface area contributed by atoms with Gasteiger partial charge >= 0.3 is 21.8 Å². The van der Waals surface area contributed by atoms with Gasteiger partial charge in [-0.25, -0.2) is 0 Å². The molecular formula is C18H18F6N2O5S2. The van der Waals surface area contributed by atoms with E-state index in [1.54, 1.807) is 0 Å². The first kappa shape index (κ1) is 24.4. The van der Waals surface area contributed by atoms with Crippen molar-refractivity contribution in [3.63, 3.8) is 0 Å². The van der Waals surface area contributed by atoms with Crippen molar-refractivity contribution in [1.29, 1.82) is 5.26 Å². The summed E-state index contributed by atoms with van der Waals surface area (Å²) in [6.07, 6.45) is -3.49. The van der Waals surface area contributed by atoms with E-state index in [1.165, 1.54) is 6.07 Å². The predicted molar refractivity (Wildman–Crippen MR) is 104 cm³/mol. The van der Waals surface area contributed by atoms with Crippen LogP contribution in [0.2, 0.25) is 0 Å². The molecule has 0 spiro atoms. The second-order valence-corrected chi connectivity index (χ2v) is 12.3. The molecule has 2 aliphatic carbocycles. The van der Waals surface area contributed by atoms with E-state index in [0.29, 0.717) is 25.3 Å². The highest BCUT2D eigenvalue weighted by atomic mass is 32.3. The van der Waals surface area contributed by atoms with Crippen molar-refractivity contribution in [3.8, 4) is 6.07 Å². The molecule has 2 saturated carbocycles. The van der Waals surface area contributed by atoms with E-state index < -0.39 is 66.9 Å². The molecule has 3 aliphatic rings. The van der Waals surface area contributed by atoms with Crippen LogP contribution in [0.1, 0.15) is 30.4 Å². The third kappa shape index (κ3) is 3.49. The number of nitriles is 1. The summed E-state index contributed by atoms with van der Waals surface area (Å²) < 4.78 is 128. The van der Waals surface area contributed by atoms with E-state index in [9.17, 15) is 43.9 Å². The van der Waals surface area contributed by atoms with Gasteiger partial charge in [0.15, 0.2) is 0 Å². The smallest absolute Gasteiger partial charge is 0.281 e. The maximum Gasteiger partial charge on any atom is 0.523 e. The van der Waals surface area contributed by atoms with Crippen molar-refractivity contribution in [2.24, 2.45) is 17.8 Å². The third-order valence-corrected chi connectivity index (χ3v) is 10.7. The average Bonchev–Trinajstić information content (AvgIpc) is 3.35. The second-order valence-electron chi connectivity index (χ2n) is 8.41. The maximum absolute atomic E-state index is 13.4. The molecule has 0 unspecified atom stereocenters. The van der Waals surface area contributed by atoms with Crippen molar-refractivity contribution in [3.05, 3.63) is 29.3 Å². The summed E-state index contributed by atoms with van der Waals surface area (Å²) in [4.78, 5) is 0. The van der Waals surface area contributed by atoms with E-state index in [-0.39, 0.29) is 18.2 Å². The maximum atomic E-state index is 13.4. The highest BCUT2D eigenvalue weighted by Gasteiger charge is 2.71. The molecule has 2 N–H and O–H groups in total. The SMILES string of the molecule is N#Cc1ccc(N2C[C@H]3[C@H]4CC[C@H](C4)[C@@]3(COS(=O)(=O)C(F)(F)F)S2(O)O)cc1C(F)(F)F. The second kappa shape index (κ2) is 7.38. The number of anilines is 1. The van der Waals surface area contributed by atoms with E-state index in [0.717, 1.165) is 16.4 Å². The number of benzene rings is 1. The molecule has 0 aromatic heterocycles. The molecule has 33 heavy (non-hydrogen) atoms. The summed E-state index contributed by atoms with van der Waals surface area (Å²) in [6.45, 7) is -1.36. The minimum atomic E-state index is -6.03. The molecular weight excluding hydrogens is 502 g/mol. The fraction of sp³-hybridized carbons (Fsp3) is 0.611. The fourth-order valence-corrected chi connectivity index (χ4v) is 8.85. The zero-order chi connectivity index (χ0) is 24.6. The molecule has 1 aliphatic heterocycles. The first-order valence-corrected chi connectivity index (χ1v) is 12.6. The van der Waals surface area contributed by atoms with Crippen molar-refractivity contribution in [1.82, 2.24) is 0 Å². The fourth-order valence-electron chi connectivity index (χ4n) is 5.56. The van der Waals surface area contributed by atoms with E-state index >= 15 is 0 Å². The summed E-state index contributed by atoms with van der Waals surface area (Å²) in [5, 5.41) is 8.98. The van der Waals surface area contributed by atoms with Gasteiger partial charge in [0.05, 0.1) is 29.5 Å². The number of nitrogens with zero attached hydrogens (tertiary/aromatic N) is 2. The Bertz CT molecular complexity index is 1120. The number of hydrogen-bond acceptors (Lipinski definition) is 7. The lowest BCUT2D eigenvalue weighted by Gasteiger charge is -2.52. The highest BCUT2D eigenvalue weighted by Crippen LogP contribution is 2.76. The van der Waals surface area contributed by atoms with Crippen LogP contribution in [-0.4, -0.2) is 40.9 Å². The Kier molecular flexibility index (Phi) is 5.46. The third-order valence-electron chi connectivity index (χ3n) is 6.98. The molecule has 1 heterocycles. The summed E-state index contributed by atoms with van der Waals surface area (Å²) >= 11 is 0. The predicted octanol–water partition coefficient (Wildman–Crippen LogP) is 4.71. The van der Waals surface area contributed by atoms with Crippen LogP contribution in [-0.2, 0) is 20.5 Å². The highest BCUT2D eigenvalue weighted by molar-refractivity contribution is 8.26. The Morgan fingerprint density at radius 3 is 2.45 bits per heavy atom. The average molecular weight is 520 g/mol. The summed E-state index contributed by atoms with van der Waals surface area (Å²) in [7, 11) is -10.2. The molecule has 0 amide bonds. The normalized spacial score (nSPS) is 32.0. The monoisotopic (exact) mass is 520 g/mol. The lowest BCUT2D eigenvalue weighted by atomic mass is 9.79. The van der Waals surface area contributed by atoms with Crippen molar-refractivity contribution in [2.45, 2.75) is 35.7 Å². The number of alkyl halides is 6. The first-order valence-electron chi connectivity index (χ1n) is 9.69. The topological polar surface area (TPSA) is 111 Å². The van der Waals surface area contributed by atoms with Crippen molar-refractivity contribution < 1.29 is 48.0 Å². The summed E-state index contributed by atoms with van der Waals surface area (Å²) in [5.74, 6) is -1.45. The molecule has 2 bridgehead atoms. The molecule has 3 fully saturated rings. The van der Waals surface area contributed by atoms with Crippen LogP contribution in [0.5, 0.6) is 0 Å². The largest absolute Gasteiger partial charge is 0.523 e. The lowest BCUT2D eigenvalue weighted by molar-refractivity contribution is -0.137. The van der Waals surface area contributed by atoms with Gasteiger partial charge in [-0.3, -0.25) is 17.6 Å². The van der Waals surface area contributed by atoms with Gasteiger partial charge in [0, 0.05) is 12.5 Å². The molecule has 4 rings (SSSR count). The molecule has 15 heteroatoms. The van der Waals surface area contributed by atoms with Crippen LogP contribution in [0.15, 0.2) is 18.2 Å². The van der Waals surface area contributed by atoms with Gasteiger partial charge in [-0.15, -0.1) is 10.8 Å². The van der Waals surface area contributed by atoms with Gasteiger partial charge in [-0.1, -0.05) is 0 Å². The Hall–Kier alpha value is -1.73. The zero-order valence-corrected chi connectivity index (χ0v) is 18.2. The van der Waals surface area contributed by atoms with Crippen LogP contribution in [0.25, 0.3) is 0 Å². The van der Waals surface area contributed by atoms with Gasteiger partial charge in [-0.05, 0) is 49.3 Å². The van der Waals surface area contributed by atoms with Crippen molar-refractivity contribution in [2.75, 3.05) is 17.5 Å². The quantitative estimate of drug-likeness (QED) is 0.336. The lowest BCUT2D eigenvalue weighted by Crippen LogP contribution is -2.49. The Morgan fingerprint density at radius 2 is 1.88 bits per heavy atom. The number of rotatable bonds is 4. The minimum Gasteiger partial charge on any atom is -0.281 e. The van der Waals surface area contributed by atoms with E-state index in [1.807, 2.05) is 0 Å². The standard InChI is InChI=1S/C18H18F6N2O5S2/c19-17(20,21)14-6-13(4-2-11(14)7-25)26-8-15-10-1-3-12(5-10)16(15,32(26,27)28)9-31-33(29,30)18(22,23)24/h2,4,6,10,12,15,27-28H,1,3,5,8-9H2/t10-,12+,15-,16+/m0/s1. The molecule has 1 aromatic carbocycles. The van der Waals surface area contributed by atoms with E-state index in [2.05, 4.69) is 4.18 Å². The molecule has 4 atom stereocenters. The molecule has 1 saturated heterocycles. The number of halogens is 6. The van der Waals surface area contributed by atoms with Gasteiger partial charge < -0.3 is 0 Å². The van der Waals surface area contributed by atoms with Gasteiger partial charge in [0.2, 0.25) is 0 Å². The van der Waals surface area contributed by atoms with Gasteiger partial charge in [-0.2, -0.15) is 40.0 Å². The Balaban J connectivity index is 1.76. The van der Waals surface area contributed by atoms with Crippen LogP contribution >= 0.6 is 10.8 Å². The number of fused-ring (bicyclic) bond motifs is 5. The first-order chi connectivity index (χ1) is 15.1. The molecule has 1 aromatic rings. The summed E-state index contributed by atoms with van der Waals surface area (Å²) in [6, 6.07) is 3.95. The van der Waals surface area contributed by atoms with Crippen LogP contribution < -0.4 is 4.31 Å². The van der Waals surface area contributed by atoms with E-state index in [4.69, 9.17) is 5.26 Å². The van der Waals surface area contributed by atoms with Crippen LogP contribution in [0.4, 0.5) is 32.0 Å². The van der Waals surface area contributed by atoms with Crippen molar-refractivity contribution >= 4 is 26.6 Å².